The highest BCUT2D eigenvalue weighted by molar-refractivity contribution is 5.87. The fourth-order valence-electron chi connectivity index (χ4n) is 2.34. The molecule has 0 saturated carbocycles. The minimum atomic E-state index is -0.966. The van der Waals surface area contributed by atoms with E-state index in [0.29, 0.717) is 11.4 Å². The Morgan fingerprint density at radius 1 is 1.30 bits per heavy atom. The Kier molecular flexibility index (Phi) is 3.41. The number of fused-ring (bicyclic) bond motifs is 1. The van der Waals surface area contributed by atoms with Crippen LogP contribution < -0.4 is 10.3 Å². The molecule has 1 aromatic carbocycles. The van der Waals surface area contributed by atoms with Crippen molar-refractivity contribution in [2.75, 3.05) is 7.11 Å². The van der Waals surface area contributed by atoms with Gasteiger partial charge in [-0.3, -0.25) is 19.5 Å². The summed E-state index contributed by atoms with van der Waals surface area (Å²) in [6.45, 7) is 0. The zero-order valence-corrected chi connectivity index (χ0v) is 12.0. The molecular formula is C15H11N3O5. The van der Waals surface area contributed by atoms with Gasteiger partial charge in [-0.15, -0.1) is 0 Å². The third kappa shape index (κ3) is 2.26. The topological polar surface area (TPSA) is 107 Å². The highest BCUT2D eigenvalue weighted by Gasteiger charge is 2.26. The quantitative estimate of drug-likeness (QED) is 0.585. The van der Waals surface area contributed by atoms with E-state index < -0.39 is 21.9 Å². The highest BCUT2D eigenvalue weighted by Crippen LogP contribution is 2.31. The summed E-state index contributed by atoms with van der Waals surface area (Å²) in [4.78, 5) is 26.9. The van der Waals surface area contributed by atoms with E-state index in [1.54, 1.807) is 24.3 Å². The fraction of sp³-hybridized carbons (Fsp3) is 0.0667. The lowest BCUT2D eigenvalue weighted by Gasteiger charge is -2.11. The van der Waals surface area contributed by atoms with Crippen molar-refractivity contribution in [2.45, 2.75) is 0 Å². The van der Waals surface area contributed by atoms with Crippen molar-refractivity contribution in [3.05, 3.63) is 63.1 Å². The second-order valence-electron chi connectivity index (χ2n) is 4.67. The van der Waals surface area contributed by atoms with Crippen LogP contribution in [0.15, 0.2) is 47.4 Å². The molecule has 0 bridgehead atoms. The third-order valence-corrected chi connectivity index (χ3v) is 3.38. The van der Waals surface area contributed by atoms with Crippen molar-refractivity contribution in [1.29, 1.82) is 0 Å². The number of hydrogen-bond donors (Lipinski definition) is 1. The molecule has 0 aliphatic carbocycles. The van der Waals surface area contributed by atoms with E-state index in [1.807, 2.05) is 0 Å². The Balaban J connectivity index is 2.49. The van der Waals surface area contributed by atoms with Gasteiger partial charge < -0.3 is 9.84 Å². The molecule has 0 atom stereocenters. The zero-order valence-electron chi connectivity index (χ0n) is 12.0. The predicted octanol–water partition coefficient (Wildman–Crippen LogP) is 2.01. The summed E-state index contributed by atoms with van der Waals surface area (Å²) in [5.74, 6) is -0.212. The van der Waals surface area contributed by atoms with Crippen molar-refractivity contribution >= 4 is 16.7 Å². The maximum Gasteiger partial charge on any atom is 0.376 e. The fourth-order valence-corrected chi connectivity index (χ4v) is 2.34. The van der Waals surface area contributed by atoms with Crippen molar-refractivity contribution in [3.8, 4) is 17.2 Å². The normalized spacial score (nSPS) is 10.7. The van der Waals surface area contributed by atoms with Crippen LogP contribution in [0.25, 0.3) is 16.7 Å². The van der Waals surface area contributed by atoms with Crippen LogP contribution in [0.5, 0.6) is 11.5 Å². The molecule has 0 unspecified atom stereocenters. The molecule has 3 rings (SSSR count). The summed E-state index contributed by atoms with van der Waals surface area (Å²) in [7, 11) is 1.47. The van der Waals surface area contributed by atoms with E-state index in [2.05, 4.69) is 4.98 Å². The molecular weight excluding hydrogens is 302 g/mol. The van der Waals surface area contributed by atoms with E-state index in [1.165, 1.54) is 25.4 Å². The number of pyridine rings is 2. The second-order valence-corrected chi connectivity index (χ2v) is 4.67. The van der Waals surface area contributed by atoms with E-state index >= 15 is 0 Å². The lowest BCUT2D eigenvalue weighted by atomic mass is 10.2. The van der Waals surface area contributed by atoms with E-state index in [4.69, 9.17) is 4.74 Å². The number of ether oxygens (including phenoxy) is 1. The lowest BCUT2D eigenvalue weighted by Crippen LogP contribution is -2.22. The maximum absolute atomic E-state index is 12.5. The minimum absolute atomic E-state index is 0.113. The molecule has 0 saturated heterocycles. The van der Waals surface area contributed by atoms with Gasteiger partial charge >= 0.3 is 11.2 Å². The molecule has 0 radical (unpaired) electrons. The summed E-state index contributed by atoms with van der Waals surface area (Å²) >= 11 is 0. The van der Waals surface area contributed by atoms with Crippen LogP contribution in [0.1, 0.15) is 0 Å². The number of hydrogen-bond acceptors (Lipinski definition) is 6. The van der Waals surface area contributed by atoms with Gasteiger partial charge in [0, 0.05) is 12.3 Å². The van der Waals surface area contributed by atoms with Crippen LogP contribution in [-0.2, 0) is 0 Å². The molecule has 1 N–H and O–H groups in total. The molecule has 0 aliphatic rings. The van der Waals surface area contributed by atoms with Gasteiger partial charge in [0.15, 0.2) is 5.65 Å². The van der Waals surface area contributed by atoms with Crippen molar-refractivity contribution in [2.24, 2.45) is 0 Å². The number of benzene rings is 1. The van der Waals surface area contributed by atoms with Crippen molar-refractivity contribution in [1.82, 2.24) is 9.55 Å². The van der Waals surface area contributed by atoms with Crippen LogP contribution >= 0.6 is 0 Å². The Morgan fingerprint density at radius 2 is 2.09 bits per heavy atom. The molecule has 0 fully saturated rings. The largest absolute Gasteiger partial charge is 0.501 e. The molecule has 2 aromatic heterocycles. The van der Waals surface area contributed by atoms with Crippen molar-refractivity contribution < 1.29 is 14.8 Å². The first kappa shape index (κ1) is 14.5. The maximum atomic E-state index is 12.5. The molecule has 8 heteroatoms. The summed E-state index contributed by atoms with van der Waals surface area (Å²) in [6, 6.07) is 9.45. The van der Waals surface area contributed by atoms with Crippen LogP contribution in [-0.4, -0.2) is 26.7 Å². The van der Waals surface area contributed by atoms with Crippen LogP contribution in [0.3, 0.4) is 0 Å². The van der Waals surface area contributed by atoms with Gasteiger partial charge in [-0.1, -0.05) is 6.07 Å². The smallest absolute Gasteiger partial charge is 0.376 e. The van der Waals surface area contributed by atoms with Gasteiger partial charge in [-0.2, -0.15) is 0 Å². The Morgan fingerprint density at radius 3 is 2.78 bits per heavy atom. The molecule has 0 aliphatic heterocycles. The number of methoxy groups -OCH3 is 1. The summed E-state index contributed by atoms with van der Waals surface area (Å²) in [5.41, 5.74) is -1.39. The number of nitrogens with zero attached hydrogens (tertiary/aromatic N) is 3. The van der Waals surface area contributed by atoms with Crippen LogP contribution in [0.4, 0.5) is 5.69 Å². The Hall–Kier alpha value is -3.42. The highest BCUT2D eigenvalue weighted by atomic mass is 16.6. The van der Waals surface area contributed by atoms with Gasteiger partial charge in [0.25, 0.3) is 0 Å². The van der Waals surface area contributed by atoms with Crippen molar-refractivity contribution in [3.63, 3.8) is 0 Å². The lowest BCUT2D eigenvalue weighted by molar-refractivity contribution is -0.387. The molecule has 0 spiro atoms. The summed E-state index contributed by atoms with van der Waals surface area (Å²) < 4.78 is 6.19. The SMILES string of the molecule is COc1cccc(-n2c(=O)c([N+](=O)[O-])c(O)c3cccnc32)c1. The summed E-state index contributed by atoms with van der Waals surface area (Å²) in [5, 5.41) is 21.3. The summed E-state index contributed by atoms with van der Waals surface area (Å²) in [6.07, 6.45) is 1.43. The third-order valence-electron chi connectivity index (χ3n) is 3.38. The number of nitro groups is 1. The Bertz CT molecular complexity index is 980. The van der Waals surface area contributed by atoms with Crippen LogP contribution in [0.2, 0.25) is 0 Å². The molecule has 3 aromatic rings. The zero-order chi connectivity index (χ0) is 16.6. The average molecular weight is 313 g/mol. The number of aromatic hydroxyl groups is 1. The van der Waals surface area contributed by atoms with E-state index in [-0.39, 0.29) is 11.0 Å². The minimum Gasteiger partial charge on any atom is -0.501 e. The molecule has 8 nitrogen and oxygen atoms in total. The van der Waals surface area contributed by atoms with Gasteiger partial charge in [-0.05, 0) is 24.3 Å². The molecule has 116 valence electrons. The first-order chi connectivity index (χ1) is 11.0. The number of rotatable bonds is 3. The van der Waals surface area contributed by atoms with Gasteiger partial charge in [-0.25, -0.2) is 4.98 Å². The average Bonchev–Trinajstić information content (AvgIpc) is 2.55. The predicted molar refractivity (Wildman–Crippen MR) is 82.2 cm³/mol. The molecule has 23 heavy (non-hydrogen) atoms. The van der Waals surface area contributed by atoms with Gasteiger partial charge in [0.1, 0.15) is 5.75 Å². The molecule has 2 heterocycles. The first-order valence-corrected chi connectivity index (χ1v) is 6.56. The van der Waals surface area contributed by atoms with E-state index in [9.17, 15) is 20.0 Å². The number of aromatic nitrogens is 2. The second kappa shape index (κ2) is 5.41. The Labute approximate surface area is 129 Å². The van der Waals surface area contributed by atoms with Gasteiger partial charge in [0.2, 0.25) is 5.75 Å². The van der Waals surface area contributed by atoms with Crippen LogP contribution in [0, 0.1) is 10.1 Å². The standard InChI is InChI=1S/C15H11N3O5/c1-23-10-5-2-4-9(8-10)17-14-11(6-3-7-16-14)13(19)12(15(17)20)18(21)22/h2-8,19H,1H3. The van der Waals surface area contributed by atoms with E-state index in [0.717, 1.165) is 4.57 Å². The monoisotopic (exact) mass is 313 g/mol. The van der Waals surface area contributed by atoms with Gasteiger partial charge in [0.05, 0.1) is 23.1 Å². The first-order valence-electron chi connectivity index (χ1n) is 6.56. The molecule has 0 amide bonds.